The molecule has 18 heavy (non-hydrogen) atoms. The molecule has 0 atom stereocenters. The molecule has 1 N–H and O–H groups in total. The Kier molecular flexibility index (Phi) is 4.55. The highest BCUT2D eigenvalue weighted by Crippen LogP contribution is 2.28. The molecule has 0 radical (unpaired) electrons. The Morgan fingerprint density at radius 2 is 2.11 bits per heavy atom. The van der Waals surface area contributed by atoms with Crippen LogP contribution in [0.1, 0.15) is 13.8 Å². The van der Waals surface area contributed by atoms with Crippen molar-refractivity contribution in [1.29, 1.82) is 0 Å². The molecule has 0 spiro atoms. The van der Waals surface area contributed by atoms with E-state index in [0.717, 1.165) is 21.8 Å². The van der Waals surface area contributed by atoms with Crippen molar-refractivity contribution in [3.8, 4) is 5.88 Å². The van der Waals surface area contributed by atoms with Crippen LogP contribution in [0.5, 0.6) is 5.88 Å². The first kappa shape index (κ1) is 13.3. The number of hydrogen-bond acceptors (Lipinski definition) is 3. The lowest BCUT2D eigenvalue weighted by Gasteiger charge is -2.11. The SMILES string of the molecule is CC(C)NCCOc1nccc2c(Br)cccc12. The molecule has 0 unspecified atom stereocenters. The Morgan fingerprint density at radius 1 is 1.28 bits per heavy atom. The number of fused-ring (bicyclic) bond motifs is 1. The van der Waals surface area contributed by atoms with E-state index in [4.69, 9.17) is 4.74 Å². The maximum absolute atomic E-state index is 5.73. The molecule has 1 heterocycles. The summed E-state index contributed by atoms with van der Waals surface area (Å²) in [6, 6.07) is 8.50. The fraction of sp³-hybridized carbons (Fsp3) is 0.357. The summed E-state index contributed by atoms with van der Waals surface area (Å²) in [5.74, 6) is 0.694. The minimum atomic E-state index is 0.475. The average molecular weight is 309 g/mol. The third-order valence-corrected chi connectivity index (χ3v) is 3.30. The van der Waals surface area contributed by atoms with Gasteiger partial charge in [0, 0.05) is 34.0 Å². The number of benzene rings is 1. The molecule has 0 saturated carbocycles. The van der Waals surface area contributed by atoms with Crippen molar-refractivity contribution >= 4 is 26.7 Å². The Labute approximate surface area is 116 Å². The summed E-state index contributed by atoms with van der Waals surface area (Å²) >= 11 is 3.54. The Hall–Kier alpha value is -1.13. The van der Waals surface area contributed by atoms with Crippen molar-refractivity contribution in [3.63, 3.8) is 0 Å². The van der Waals surface area contributed by atoms with E-state index in [1.807, 2.05) is 24.3 Å². The molecule has 0 fully saturated rings. The van der Waals surface area contributed by atoms with E-state index in [1.54, 1.807) is 6.20 Å². The first-order valence-electron chi connectivity index (χ1n) is 6.08. The van der Waals surface area contributed by atoms with Gasteiger partial charge in [-0.1, -0.05) is 35.8 Å². The van der Waals surface area contributed by atoms with Crippen LogP contribution in [0.25, 0.3) is 10.8 Å². The predicted octanol–water partition coefficient (Wildman–Crippen LogP) is 3.37. The van der Waals surface area contributed by atoms with Crippen LogP contribution in [0.2, 0.25) is 0 Å². The van der Waals surface area contributed by atoms with Gasteiger partial charge in [-0.25, -0.2) is 4.98 Å². The summed E-state index contributed by atoms with van der Waals surface area (Å²) in [4.78, 5) is 4.29. The summed E-state index contributed by atoms with van der Waals surface area (Å²) in [6.07, 6.45) is 1.78. The molecule has 2 rings (SSSR count). The maximum atomic E-state index is 5.73. The average Bonchev–Trinajstić information content (AvgIpc) is 2.35. The first-order chi connectivity index (χ1) is 8.68. The molecule has 1 aromatic carbocycles. The van der Waals surface area contributed by atoms with Crippen molar-refractivity contribution in [2.24, 2.45) is 0 Å². The van der Waals surface area contributed by atoms with E-state index >= 15 is 0 Å². The third kappa shape index (κ3) is 3.21. The molecular formula is C14H17BrN2O. The van der Waals surface area contributed by atoms with Gasteiger partial charge in [0.25, 0.3) is 0 Å². The van der Waals surface area contributed by atoms with Gasteiger partial charge in [-0.2, -0.15) is 0 Å². The molecule has 3 nitrogen and oxygen atoms in total. The van der Waals surface area contributed by atoms with E-state index < -0.39 is 0 Å². The van der Waals surface area contributed by atoms with E-state index in [2.05, 4.69) is 40.1 Å². The molecule has 0 saturated heterocycles. The summed E-state index contributed by atoms with van der Waals surface area (Å²) in [7, 11) is 0. The normalized spacial score (nSPS) is 11.1. The van der Waals surface area contributed by atoms with Crippen molar-refractivity contribution in [2.45, 2.75) is 19.9 Å². The van der Waals surface area contributed by atoms with Crippen LogP contribution in [-0.4, -0.2) is 24.2 Å². The van der Waals surface area contributed by atoms with Gasteiger partial charge in [0.05, 0.1) is 0 Å². The van der Waals surface area contributed by atoms with Crippen LogP contribution in [-0.2, 0) is 0 Å². The molecule has 0 aliphatic rings. The molecule has 0 amide bonds. The lowest BCUT2D eigenvalue weighted by Crippen LogP contribution is -2.27. The number of pyridine rings is 1. The topological polar surface area (TPSA) is 34.1 Å². The second-order valence-electron chi connectivity index (χ2n) is 4.41. The summed E-state index contributed by atoms with van der Waals surface area (Å²) in [6.45, 7) is 5.68. The zero-order chi connectivity index (χ0) is 13.0. The zero-order valence-electron chi connectivity index (χ0n) is 10.6. The smallest absolute Gasteiger partial charge is 0.221 e. The molecular weight excluding hydrogens is 292 g/mol. The van der Waals surface area contributed by atoms with E-state index in [-0.39, 0.29) is 0 Å². The zero-order valence-corrected chi connectivity index (χ0v) is 12.2. The number of ether oxygens (including phenoxy) is 1. The summed E-state index contributed by atoms with van der Waals surface area (Å²) in [5, 5.41) is 5.48. The quantitative estimate of drug-likeness (QED) is 0.860. The highest BCUT2D eigenvalue weighted by Gasteiger charge is 2.05. The number of rotatable bonds is 5. The van der Waals surface area contributed by atoms with Crippen molar-refractivity contribution < 1.29 is 4.74 Å². The molecule has 0 bridgehead atoms. The van der Waals surface area contributed by atoms with Crippen LogP contribution in [0.3, 0.4) is 0 Å². The molecule has 0 aliphatic carbocycles. The van der Waals surface area contributed by atoms with Gasteiger partial charge in [-0.05, 0) is 18.2 Å². The van der Waals surface area contributed by atoms with Crippen LogP contribution in [0.15, 0.2) is 34.9 Å². The molecule has 96 valence electrons. The lowest BCUT2D eigenvalue weighted by molar-refractivity contribution is 0.301. The van der Waals surface area contributed by atoms with Gasteiger partial charge in [0.2, 0.25) is 5.88 Å². The van der Waals surface area contributed by atoms with Gasteiger partial charge in [0.1, 0.15) is 6.61 Å². The molecule has 0 aliphatic heterocycles. The van der Waals surface area contributed by atoms with Gasteiger partial charge >= 0.3 is 0 Å². The third-order valence-electron chi connectivity index (χ3n) is 2.61. The number of hydrogen-bond donors (Lipinski definition) is 1. The second kappa shape index (κ2) is 6.16. The van der Waals surface area contributed by atoms with Gasteiger partial charge in [-0.3, -0.25) is 0 Å². The van der Waals surface area contributed by atoms with Crippen LogP contribution >= 0.6 is 15.9 Å². The Balaban J connectivity index is 2.11. The number of nitrogens with one attached hydrogen (secondary N) is 1. The minimum absolute atomic E-state index is 0.475. The standard InChI is InChI=1S/C14H17BrN2O/c1-10(2)16-8-9-18-14-12-4-3-5-13(15)11(12)6-7-17-14/h3-7,10,16H,8-9H2,1-2H3. The van der Waals surface area contributed by atoms with Gasteiger partial charge in [-0.15, -0.1) is 0 Å². The monoisotopic (exact) mass is 308 g/mol. The van der Waals surface area contributed by atoms with Crippen LogP contribution in [0.4, 0.5) is 0 Å². The number of aromatic nitrogens is 1. The highest BCUT2D eigenvalue weighted by molar-refractivity contribution is 9.10. The van der Waals surface area contributed by atoms with Crippen LogP contribution in [0, 0.1) is 0 Å². The van der Waals surface area contributed by atoms with Crippen LogP contribution < -0.4 is 10.1 Å². The summed E-state index contributed by atoms with van der Waals surface area (Å²) in [5.41, 5.74) is 0. The summed E-state index contributed by atoms with van der Waals surface area (Å²) < 4.78 is 6.79. The fourth-order valence-electron chi connectivity index (χ4n) is 1.75. The van der Waals surface area contributed by atoms with Crippen molar-refractivity contribution in [2.75, 3.05) is 13.2 Å². The molecule has 1 aromatic heterocycles. The number of nitrogens with zero attached hydrogens (tertiary/aromatic N) is 1. The first-order valence-corrected chi connectivity index (χ1v) is 6.87. The van der Waals surface area contributed by atoms with Gasteiger partial charge < -0.3 is 10.1 Å². The largest absolute Gasteiger partial charge is 0.476 e. The number of halogens is 1. The fourth-order valence-corrected chi connectivity index (χ4v) is 2.25. The minimum Gasteiger partial charge on any atom is -0.476 e. The molecule has 4 heteroatoms. The highest BCUT2D eigenvalue weighted by atomic mass is 79.9. The Morgan fingerprint density at radius 3 is 2.89 bits per heavy atom. The predicted molar refractivity (Wildman–Crippen MR) is 78.1 cm³/mol. The second-order valence-corrected chi connectivity index (χ2v) is 5.26. The van der Waals surface area contributed by atoms with Gasteiger partial charge in [0.15, 0.2) is 0 Å². The molecule has 2 aromatic rings. The lowest BCUT2D eigenvalue weighted by atomic mass is 10.2. The van der Waals surface area contributed by atoms with Crippen molar-refractivity contribution in [1.82, 2.24) is 10.3 Å². The maximum Gasteiger partial charge on any atom is 0.221 e. The van der Waals surface area contributed by atoms with Crippen molar-refractivity contribution in [3.05, 3.63) is 34.9 Å². The van der Waals surface area contributed by atoms with E-state index in [9.17, 15) is 0 Å². The van der Waals surface area contributed by atoms with E-state index in [1.165, 1.54) is 0 Å². The Bertz CT molecular complexity index is 528. The van der Waals surface area contributed by atoms with E-state index in [0.29, 0.717) is 18.5 Å².